The highest BCUT2D eigenvalue weighted by Crippen LogP contribution is 1.97. The van der Waals surface area contributed by atoms with E-state index < -0.39 is 11.9 Å². The normalized spacial score (nSPS) is 9.39. The first-order chi connectivity index (χ1) is 8.69. The van der Waals surface area contributed by atoms with Crippen LogP contribution in [0.1, 0.15) is 10.4 Å². The number of nitroso groups, excluding NO2 is 1. The topological polar surface area (TPSA) is 90.9 Å². The molecule has 2 N–H and O–H groups in total. The molecule has 8 heteroatoms. The number of rotatable bonds is 4. The fourth-order valence-electron chi connectivity index (χ4n) is 1.10. The second-order valence-corrected chi connectivity index (χ2v) is 3.52. The molecule has 1 aromatic rings. The summed E-state index contributed by atoms with van der Waals surface area (Å²) < 4.78 is 0. The molecule has 0 spiro atoms. The molecule has 18 heavy (non-hydrogen) atoms. The maximum Gasteiger partial charge on any atom is 0.359 e. The van der Waals surface area contributed by atoms with Crippen LogP contribution in [0.15, 0.2) is 35.6 Å². The Morgan fingerprint density at radius 1 is 1.22 bits per heavy atom. The van der Waals surface area contributed by atoms with E-state index in [1.807, 2.05) is 0 Å². The molecule has 0 fully saturated rings. The predicted molar refractivity (Wildman–Crippen MR) is 65.7 cm³/mol. The molecule has 0 saturated heterocycles. The summed E-state index contributed by atoms with van der Waals surface area (Å²) in [5.41, 5.74) is 4.58. The Morgan fingerprint density at radius 3 is 2.44 bits per heavy atom. The minimum Gasteiger partial charge on any atom is -0.267 e. The molecule has 0 heterocycles. The lowest BCUT2D eigenvalue weighted by molar-refractivity contribution is 0.0930. The Hall–Kier alpha value is -2.15. The first-order valence-corrected chi connectivity index (χ1v) is 5.54. The summed E-state index contributed by atoms with van der Waals surface area (Å²) in [5.74, 6) is -0.438. The number of hydrogen-bond acceptors (Lipinski definition) is 4. The number of carbonyl (C=O) groups is 2. The average molecular weight is 271 g/mol. The molecule has 1 aromatic carbocycles. The standard InChI is InChI=1S/C10H11ClN4O3/c11-6-7-15(14-18)10(17)13-12-9(16)8-4-2-1-3-5-8/h1-5H,6-7H2,(H,12,16)(H,13,17). The van der Waals surface area contributed by atoms with Crippen molar-refractivity contribution in [2.24, 2.45) is 5.29 Å². The zero-order chi connectivity index (χ0) is 13.4. The predicted octanol–water partition coefficient (Wildman–Crippen LogP) is 1.26. The van der Waals surface area contributed by atoms with Crippen molar-refractivity contribution in [2.75, 3.05) is 12.4 Å². The number of amides is 3. The Morgan fingerprint density at radius 2 is 1.89 bits per heavy atom. The molecule has 3 amide bonds. The molecular formula is C10H11ClN4O3. The Labute approximate surface area is 108 Å². The van der Waals surface area contributed by atoms with Crippen LogP contribution in [0, 0.1) is 4.91 Å². The maximum absolute atomic E-state index is 11.5. The molecule has 0 aliphatic rings. The molecule has 0 atom stereocenters. The van der Waals surface area contributed by atoms with Crippen LogP contribution in [-0.4, -0.2) is 29.4 Å². The fraction of sp³-hybridized carbons (Fsp3) is 0.200. The number of alkyl halides is 1. The van der Waals surface area contributed by atoms with Crippen LogP contribution in [0.3, 0.4) is 0 Å². The third-order valence-corrected chi connectivity index (χ3v) is 2.12. The van der Waals surface area contributed by atoms with Gasteiger partial charge in [-0.05, 0) is 12.1 Å². The van der Waals surface area contributed by atoms with Gasteiger partial charge in [0.15, 0.2) is 0 Å². The maximum atomic E-state index is 11.5. The molecule has 7 nitrogen and oxygen atoms in total. The van der Waals surface area contributed by atoms with Gasteiger partial charge >= 0.3 is 6.03 Å². The van der Waals surface area contributed by atoms with Gasteiger partial charge in [0, 0.05) is 11.4 Å². The first-order valence-electron chi connectivity index (χ1n) is 5.01. The van der Waals surface area contributed by atoms with Gasteiger partial charge in [0.1, 0.15) is 0 Å². The fourth-order valence-corrected chi connectivity index (χ4v) is 1.26. The van der Waals surface area contributed by atoms with Crippen molar-refractivity contribution < 1.29 is 9.59 Å². The summed E-state index contributed by atoms with van der Waals surface area (Å²) >= 11 is 5.37. The Balaban J connectivity index is 2.48. The third kappa shape index (κ3) is 4.02. The number of benzene rings is 1. The van der Waals surface area contributed by atoms with Crippen molar-refractivity contribution in [3.8, 4) is 0 Å². The van der Waals surface area contributed by atoms with E-state index in [9.17, 15) is 14.5 Å². The molecule has 1 rings (SSSR count). The van der Waals surface area contributed by atoms with Crippen LogP contribution in [-0.2, 0) is 0 Å². The Kier molecular flexibility index (Phi) is 5.59. The van der Waals surface area contributed by atoms with Gasteiger partial charge in [-0.1, -0.05) is 18.2 Å². The van der Waals surface area contributed by atoms with Crippen molar-refractivity contribution in [1.29, 1.82) is 0 Å². The highest BCUT2D eigenvalue weighted by molar-refractivity contribution is 6.18. The highest BCUT2D eigenvalue weighted by Gasteiger charge is 2.14. The number of carbonyl (C=O) groups excluding carboxylic acids is 2. The summed E-state index contributed by atoms with van der Waals surface area (Å²) in [6, 6.07) is 7.43. The quantitative estimate of drug-likeness (QED) is 0.490. The summed E-state index contributed by atoms with van der Waals surface area (Å²) in [7, 11) is 0. The van der Waals surface area contributed by atoms with Crippen molar-refractivity contribution >= 4 is 23.5 Å². The molecule has 96 valence electrons. The summed E-state index contributed by atoms with van der Waals surface area (Å²) in [4.78, 5) is 33.2. The largest absolute Gasteiger partial charge is 0.359 e. The van der Waals surface area contributed by atoms with Crippen LogP contribution < -0.4 is 10.9 Å². The zero-order valence-electron chi connectivity index (χ0n) is 9.30. The van der Waals surface area contributed by atoms with E-state index in [-0.39, 0.29) is 12.4 Å². The minimum absolute atomic E-state index is 0.0436. The van der Waals surface area contributed by atoms with Gasteiger partial charge in [-0.2, -0.15) is 5.01 Å². The number of urea groups is 1. The third-order valence-electron chi connectivity index (χ3n) is 1.95. The van der Waals surface area contributed by atoms with Gasteiger partial charge in [-0.15, -0.1) is 16.5 Å². The van der Waals surface area contributed by atoms with Crippen molar-refractivity contribution in [2.45, 2.75) is 0 Å². The lowest BCUT2D eigenvalue weighted by Gasteiger charge is -2.13. The zero-order valence-corrected chi connectivity index (χ0v) is 10.1. The van der Waals surface area contributed by atoms with Crippen LogP contribution >= 0.6 is 11.6 Å². The number of halogens is 1. The van der Waals surface area contributed by atoms with Gasteiger partial charge in [-0.25, -0.2) is 10.2 Å². The van der Waals surface area contributed by atoms with E-state index in [2.05, 4.69) is 16.1 Å². The monoisotopic (exact) mass is 270 g/mol. The van der Waals surface area contributed by atoms with E-state index in [1.54, 1.807) is 30.3 Å². The lowest BCUT2D eigenvalue weighted by atomic mass is 10.2. The molecule has 0 aliphatic heterocycles. The van der Waals surface area contributed by atoms with Crippen molar-refractivity contribution in [1.82, 2.24) is 15.9 Å². The van der Waals surface area contributed by atoms with Crippen molar-refractivity contribution in [3.05, 3.63) is 40.8 Å². The molecule has 0 bridgehead atoms. The van der Waals surface area contributed by atoms with Gasteiger partial charge < -0.3 is 0 Å². The number of hydrazine groups is 1. The van der Waals surface area contributed by atoms with Gasteiger partial charge in [0.05, 0.1) is 11.8 Å². The first kappa shape index (κ1) is 13.9. The SMILES string of the molecule is O=NN(CCCl)C(=O)NNC(=O)c1ccccc1. The summed E-state index contributed by atoms with van der Waals surface area (Å²) in [5, 5.41) is 3.03. The van der Waals surface area contributed by atoms with Gasteiger partial charge in [0.25, 0.3) is 5.91 Å². The van der Waals surface area contributed by atoms with Gasteiger partial charge in [0.2, 0.25) is 0 Å². The molecule has 0 aliphatic carbocycles. The highest BCUT2D eigenvalue weighted by atomic mass is 35.5. The summed E-state index contributed by atoms with van der Waals surface area (Å²) in [6.45, 7) is -0.0436. The van der Waals surface area contributed by atoms with E-state index in [0.29, 0.717) is 10.6 Å². The lowest BCUT2D eigenvalue weighted by Crippen LogP contribution is -2.47. The average Bonchev–Trinajstić information content (AvgIpc) is 2.42. The van der Waals surface area contributed by atoms with Gasteiger partial charge in [-0.3, -0.25) is 10.2 Å². The van der Waals surface area contributed by atoms with E-state index >= 15 is 0 Å². The molecule has 0 radical (unpaired) electrons. The number of nitrogens with one attached hydrogen (secondary N) is 2. The van der Waals surface area contributed by atoms with Crippen molar-refractivity contribution in [3.63, 3.8) is 0 Å². The molecule has 0 saturated carbocycles. The Bertz CT molecular complexity index is 426. The number of nitrogens with zero attached hydrogens (tertiary/aromatic N) is 2. The van der Waals surface area contributed by atoms with Crippen LogP contribution in [0.5, 0.6) is 0 Å². The van der Waals surface area contributed by atoms with Crippen LogP contribution in [0.25, 0.3) is 0 Å². The van der Waals surface area contributed by atoms with E-state index in [4.69, 9.17) is 11.6 Å². The second-order valence-electron chi connectivity index (χ2n) is 3.14. The molecular weight excluding hydrogens is 260 g/mol. The van der Waals surface area contributed by atoms with Crippen LogP contribution in [0.2, 0.25) is 0 Å². The summed E-state index contributed by atoms with van der Waals surface area (Å²) in [6.07, 6.45) is 0. The smallest absolute Gasteiger partial charge is 0.267 e. The van der Waals surface area contributed by atoms with E-state index in [1.165, 1.54) is 0 Å². The molecule has 0 aromatic heterocycles. The molecule has 0 unspecified atom stereocenters. The van der Waals surface area contributed by atoms with Crippen LogP contribution in [0.4, 0.5) is 4.79 Å². The minimum atomic E-state index is -0.852. The second kappa shape index (κ2) is 7.23. The van der Waals surface area contributed by atoms with E-state index in [0.717, 1.165) is 0 Å². The number of hydrogen-bond donors (Lipinski definition) is 2.